The highest BCUT2D eigenvalue weighted by Gasteiger charge is 2.31. The van der Waals surface area contributed by atoms with Gasteiger partial charge in [0.05, 0.1) is 12.9 Å². The summed E-state index contributed by atoms with van der Waals surface area (Å²) in [6.45, 7) is -0.698. The third-order valence-corrected chi connectivity index (χ3v) is 5.29. The van der Waals surface area contributed by atoms with E-state index in [1.165, 1.54) is 24.3 Å². The van der Waals surface area contributed by atoms with Crippen LogP contribution in [0.4, 0.5) is 0 Å². The van der Waals surface area contributed by atoms with Crippen LogP contribution in [0.25, 0.3) is 0 Å². The van der Waals surface area contributed by atoms with Gasteiger partial charge in [-0.15, -0.1) is 0 Å². The molecule has 14 nitrogen and oxygen atoms in total. The lowest BCUT2D eigenvalue weighted by atomic mass is 10.1. The average Bonchev–Trinajstić information content (AvgIpc) is 3.30. The Morgan fingerprint density at radius 3 is 2.18 bits per heavy atom. The van der Waals surface area contributed by atoms with E-state index in [4.69, 9.17) is 15.9 Å². The van der Waals surface area contributed by atoms with Gasteiger partial charge in [0.2, 0.25) is 17.7 Å². The van der Waals surface area contributed by atoms with Crippen molar-refractivity contribution in [3.8, 4) is 0 Å². The zero-order valence-corrected chi connectivity index (χ0v) is 19.3. The Bertz CT molecular complexity index is 837. The van der Waals surface area contributed by atoms with Gasteiger partial charge in [-0.05, 0) is 24.9 Å². The highest BCUT2D eigenvalue weighted by atomic mass is 32.2. The van der Waals surface area contributed by atoms with Crippen LogP contribution >= 0.6 is 11.8 Å². The largest absolute Gasteiger partial charge is 0.481 e. The smallest absolute Gasteiger partial charge is 0.326 e. The van der Waals surface area contributed by atoms with Gasteiger partial charge in [-0.3, -0.25) is 19.2 Å². The molecular weight excluding hydrogens is 472 g/mol. The molecule has 0 aliphatic carbocycles. The SMILES string of the molecule is CSCCC(NC(=O)C(Cc1cnc[nH]1)NC(=O)C(CCC(=O)O)NC(=O)C(N)CO)C(=O)O. The van der Waals surface area contributed by atoms with E-state index in [0.29, 0.717) is 11.4 Å². The molecule has 34 heavy (non-hydrogen) atoms. The molecule has 1 aromatic rings. The number of aromatic amines is 1. The van der Waals surface area contributed by atoms with E-state index in [0.717, 1.165) is 0 Å². The van der Waals surface area contributed by atoms with Gasteiger partial charge < -0.3 is 42.0 Å². The van der Waals surface area contributed by atoms with Crippen molar-refractivity contribution in [3.05, 3.63) is 18.2 Å². The third-order valence-electron chi connectivity index (χ3n) is 4.65. The minimum Gasteiger partial charge on any atom is -0.481 e. The first-order valence-electron chi connectivity index (χ1n) is 10.3. The zero-order chi connectivity index (χ0) is 25.7. The number of imidazole rings is 1. The number of nitrogens with one attached hydrogen (secondary N) is 4. The van der Waals surface area contributed by atoms with E-state index in [1.807, 2.05) is 0 Å². The highest BCUT2D eigenvalue weighted by molar-refractivity contribution is 7.98. The summed E-state index contributed by atoms with van der Waals surface area (Å²) in [5.74, 6) is -4.53. The molecule has 0 fully saturated rings. The fourth-order valence-electron chi connectivity index (χ4n) is 2.76. The summed E-state index contributed by atoms with van der Waals surface area (Å²) in [6.07, 6.45) is 3.85. The van der Waals surface area contributed by atoms with Crippen LogP contribution in [-0.4, -0.2) is 97.7 Å². The van der Waals surface area contributed by atoms with Gasteiger partial charge in [-0.25, -0.2) is 9.78 Å². The molecular formula is C19H30N6O8S. The molecule has 1 heterocycles. The van der Waals surface area contributed by atoms with E-state index in [9.17, 15) is 29.1 Å². The van der Waals surface area contributed by atoms with Crippen molar-refractivity contribution in [1.29, 1.82) is 0 Å². The van der Waals surface area contributed by atoms with Gasteiger partial charge in [0.1, 0.15) is 24.2 Å². The number of aromatic nitrogens is 2. The van der Waals surface area contributed by atoms with Crippen LogP contribution in [0, 0.1) is 0 Å². The van der Waals surface area contributed by atoms with Gasteiger partial charge in [-0.1, -0.05) is 0 Å². The Kier molecular flexibility index (Phi) is 12.6. The number of carbonyl (C=O) groups is 5. The predicted molar refractivity (Wildman–Crippen MR) is 121 cm³/mol. The summed E-state index contributed by atoms with van der Waals surface area (Å²) in [7, 11) is 0. The number of hydrogen-bond acceptors (Lipinski definition) is 9. The molecule has 9 N–H and O–H groups in total. The van der Waals surface area contributed by atoms with Crippen LogP contribution in [0.3, 0.4) is 0 Å². The van der Waals surface area contributed by atoms with Crippen LogP contribution in [0.2, 0.25) is 0 Å². The Morgan fingerprint density at radius 1 is 1.03 bits per heavy atom. The maximum Gasteiger partial charge on any atom is 0.326 e. The van der Waals surface area contributed by atoms with E-state index in [1.54, 1.807) is 6.26 Å². The minimum atomic E-state index is -1.37. The average molecular weight is 503 g/mol. The summed E-state index contributed by atoms with van der Waals surface area (Å²) in [5, 5.41) is 34.5. The number of aliphatic hydroxyl groups is 1. The lowest BCUT2D eigenvalue weighted by molar-refractivity contribution is -0.142. The summed E-state index contributed by atoms with van der Waals surface area (Å²) >= 11 is 1.40. The number of carbonyl (C=O) groups excluding carboxylic acids is 3. The summed E-state index contributed by atoms with van der Waals surface area (Å²) in [5.41, 5.74) is 5.90. The Balaban J connectivity index is 3.05. The second-order valence-corrected chi connectivity index (χ2v) is 8.29. The topological polar surface area (TPSA) is 237 Å². The number of thioether (sulfide) groups is 1. The van der Waals surface area contributed by atoms with E-state index < -0.39 is 66.9 Å². The normalized spacial score (nSPS) is 14.3. The third kappa shape index (κ3) is 10.2. The highest BCUT2D eigenvalue weighted by Crippen LogP contribution is 2.06. The number of rotatable bonds is 16. The van der Waals surface area contributed by atoms with Gasteiger partial charge in [0, 0.05) is 24.7 Å². The number of hydrogen-bond donors (Lipinski definition) is 8. The Hall–Kier alpha value is -3.17. The molecule has 0 aromatic carbocycles. The molecule has 0 saturated heterocycles. The molecule has 0 aliphatic heterocycles. The summed E-state index contributed by atoms with van der Waals surface area (Å²) in [6, 6.07) is -5.16. The van der Waals surface area contributed by atoms with E-state index >= 15 is 0 Å². The van der Waals surface area contributed by atoms with Crippen molar-refractivity contribution < 1.29 is 39.3 Å². The molecule has 1 aromatic heterocycles. The maximum absolute atomic E-state index is 12.9. The number of aliphatic carboxylic acids is 2. The molecule has 4 unspecified atom stereocenters. The van der Waals surface area contributed by atoms with Crippen molar-refractivity contribution in [2.75, 3.05) is 18.6 Å². The van der Waals surface area contributed by atoms with Crippen molar-refractivity contribution in [1.82, 2.24) is 25.9 Å². The molecule has 190 valence electrons. The standard InChI is InChI=1S/C19H30N6O8S/c1-34-5-4-13(19(32)33)24-18(31)14(6-10-7-21-9-22-10)25-17(30)12(2-3-15(27)28)23-16(29)11(20)8-26/h7,9,11-14,26H,2-6,8,20H2,1H3,(H,21,22)(H,23,29)(H,24,31)(H,25,30)(H,27,28)(H,32,33). The lowest BCUT2D eigenvalue weighted by Crippen LogP contribution is -2.58. The van der Waals surface area contributed by atoms with E-state index in [2.05, 4.69) is 25.9 Å². The van der Waals surface area contributed by atoms with Crippen LogP contribution in [0.15, 0.2) is 12.5 Å². The molecule has 0 spiro atoms. The number of carboxylic acids is 2. The number of nitrogens with zero attached hydrogens (tertiary/aromatic N) is 1. The molecule has 4 atom stereocenters. The first-order valence-corrected chi connectivity index (χ1v) is 11.7. The zero-order valence-electron chi connectivity index (χ0n) is 18.5. The summed E-state index contributed by atoms with van der Waals surface area (Å²) in [4.78, 5) is 66.9. The molecule has 0 aliphatic rings. The summed E-state index contributed by atoms with van der Waals surface area (Å²) < 4.78 is 0. The van der Waals surface area contributed by atoms with Crippen LogP contribution < -0.4 is 21.7 Å². The molecule has 0 radical (unpaired) electrons. The van der Waals surface area contributed by atoms with Crippen molar-refractivity contribution in [2.24, 2.45) is 5.73 Å². The first kappa shape index (κ1) is 28.9. The predicted octanol–water partition coefficient (Wildman–Crippen LogP) is -2.57. The number of aliphatic hydroxyl groups excluding tert-OH is 1. The van der Waals surface area contributed by atoms with Gasteiger partial charge in [0.25, 0.3) is 0 Å². The number of nitrogens with two attached hydrogens (primary N) is 1. The second kappa shape index (κ2) is 14.9. The van der Waals surface area contributed by atoms with Crippen LogP contribution in [-0.2, 0) is 30.4 Å². The number of carboxylic acid groups (broad SMARTS) is 2. The van der Waals surface area contributed by atoms with Crippen LogP contribution in [0.1, 0.15) is 25.0 Å². The second-order valence-electron chi connectivity index (χ2n) is 7.31. The monoisotopic (exact) mass is 502 g/mol. The van der Waals surface area contributed by atoms with Gasteiger partial charge in [0.15, 0.2) is 0 Å². The quantitative estimate of drug-likeness (QED) is 0.117. The van der Waals surface area contributed by atoms with Gasteiger partial charge in [-0.2, -0.15) is 11.8 Å². The Labute approximate surface area is 199 Å². The number of amides is 3. The first-order chi connectivity index (χ1) is 16.1. The molecule has 1 rings (SSSR count). The van der Waals surface area contributed by atoms with Crippen molar-refractivity contribution in [2.45, 2.75) is 49.9 Å². The fourth-order valence-corrected chi connectivity index (χ4v) is 3.23. The number of H-pyrrole nitrogens is 1. The minimum absolute atomic E-state index is 0.0812. The lowest BCUT2D eigenvalue weighted by Gasteiger charge is -2.24. The fraction of sp³-hybridized carbons (Fsp3) is 0.579. The van der Waals surface area contributed by atoms with Gasteiger partial charge >= 0.3 is 11.9 Å². The van der Waals surface area contributed by atoms with Crippen LogP contribution in [0.5, 0.6) is 0 Å². The molecule has 15 heteroatoms. The molecule has 3 amide bonds. The van der Waals surface area contributed by atoms with Crippen molar-refractivity contribution in [3.63, 3.8) is 0 Å². The maximum atomic E-state index is 12.9. The molecule has 0 bridgehead atoms. The Morgan fingerprint density at radius 2 is 1.65 bits per heavy atom. The van der Waals surface area contributed by atoms with Crippen molar-refractivity contribution >= 4 is 41.4 Å². The molecule has 0 saturated carbocycles. The van der Waals surface area contributed by atoms with E-state index in [-0.39, 0.29) is 19.3 Å².